The van der Waals surface area contributed by atoms with Crippen molar-refractivity contribution in [2.75, 3.05) is 5.32 Å². The molecule has 1 aromatic carbocycles. The first-order valence-corrected chi connectivity index (χ1v) is 7.05. The highest BCUT2D eigenvalue weighted by Crippen LogP contribution is 2.24. The van der Waals surface area contributed by atoms with Gasteiger partial charge in [0.05, 0.1) is 11.5 Å². The van der Waals surface area contributed by atoms with Crippen molar-refractivity contribution in [3.8, 4) is 0 Å². The van der Waals surface area contributed by atoms with E-state index in [-0.39, 0.29) is 17.4 Å². The molecule has 1 heterocycles. The van der Waals surface area contributed by atoms with Crippen LogP contribution in [0.2, 0.25) is 0 Å². The van der Waals surface area contributed by atoms with Crippen LogP contribution in [0.4, 0.5) is 5.69 Å². The molecule has 20 heavy (non-hydrogen) atoms. The first-order chi connectivity index (χ1) is 9.49. The number of hydrogen-bond acceptors (Lipinski definition) is 3. The van der Waals surface area contributed by atoms with Gasteiger partial charge in [0, 0.05) is 10.6 Å². The van der Waals surface area contributed by atoms with Gasteiger partial charge in [-0.05, 0) is 43.0 Å². The molecule has 0 spiro atoms. The highest BCUT2D eigenvalue weighted by atomic mass is 32.1. The topological polar surface area (TPSA) is 66.4 Å². The Morgan fingerprint density at radius 2 is 2.05 bits per heavy atom. The number of aryl methyl sites for hydroxylation is 1. The molecule has 104 valence electrons. The number of carboxylic acid groups (broad SMARTS) is 1. The van der Waals surface area contributed by atoms with E-state index >= 15 is 0 Å². The second kappa shape index (κ2) is 5.88. The number of thiophene rings is 1. The highest BCUT2D eigenvalue weighted by molar-refractivity contribution is 7.10. The van der Waals surface area contributed by atoms with Crippen molar-refractivity contribution >= 4 is 28.9 Å². The van der Waals surface area contributed by atoms with E-state index in [0.29, 0.717) is 5.69 Å². The Kier molecular flexibility index (Phi) is 4.20. The first kappa shape index (κ1) is 14.3. The maximum Gasteiger partial charge on any atom is 0.335 e. The van der Waals surface area contributed by atoms with Crippen LogP contribution in [0.1, 0.15) is 33.6 Å². The van der Waals surface area contributed by atoms with Crippen LogP contribution in [0.25, 0.3) is 0 Å². The molecular weight excluding hydrogens is 274 g/mol. The average Bonchev–Trinajstić information content (AvgIpc) is 2.94. The number of aromatic carboxylic acids is 1. The Morgan fingerprint density at radius 3 is 2.65 bits per heavy atom. The Labute approximate surface area is 121 Å². The Hall–Kier alpha value is -2.14. The van der Waals surface area contributed by atoms with Crippen LogP contribution in [0.15, 0.2) is 35.7 Å². The molecule has 1 aromatic heterocycles. The normalized spacial score (nSPS) is 11.9. The van der Waals surface area contributed by atoms with Crippen molar-refractivity contribution in [1.29, 1.82) is 0 Å². The molecule has 4 nitrogen and oxygen atoms in total. The molecule has 0 saturated carbocycles. The van der Waals surface area contributed by atoms with Gasteiger partial charge in [0.15, 0.2) is 0 Å². The van der Waals surface area contributed by atoms with Gasteiger partial charge in [0.25, 0.3) is 0 Å². The lowest BCUT2D eigenvalue weighted by atomic mass is 10.1. The number of amides is 1. The lowest BCUT2D eigenvalue weighted by Gasteiger charge is -2.13. The molecule has 0 saturated heterocycles. The second-order valence-corrected chi connectivity index (χ2v) is 5.54. The van der Waals surface area contributed by atoms with Gasteiger partial charge >= 0.3 is 5.97 Å². The molecule has 0 fully saturated rings. The Bertz CT molecular complexity index is 635. The van der Waals surface area contributed by atoms with Crippen molar-refractivity contribution in [3.05, 3.63) is 51.7 Å². The molecule has 2 aromatic rings. The largest absolute Gasteiger partial charge is 0.478 e. The number of benzene rings is 1. The minimum atomic E-state index is -1.01. The SMILES string of the molecule is Cc1ccc(C(=O)O)cc1NC(=O)[C@@H](C)c1cccs1. The van der Waals surface area contributed by atoms with E-state index in [1.807, 2.05) is 31.4 Å². The molecular formula is C15H15NO3S. The molecule has 2 rings (SSSR count). The predicted octanol–water partition coefficient (Wildman–Crippen LogP) is 3.50. The number of hydrogen-bond donors (Lipinski definition) is 2. The molecule has 2 N–H and O–H groups in total. The fourth-order valence-corrected chi connectivity index (χ4v) is 2.58. The minimum absolute atomic E-state index is 0.141. The van der Waals surface area contributed by atoms with Gasteiger partial charge in [0.1, 0.15) is 0 Å². The van der Waals surface area contributed by atoms with Crippen molar-refractivity contribution in [1.82, 2.24) is 0 Å². The zero-order valence-corrected chi connectivity index (χ0v) is 12.0. The third kappa shape index (κ3) is 3.05. The van der Waals surface area contributed by atoms with Crippen LogP contribution < -0.4 is 5.32 Å². The van der Waals surface area contributed by atoms with Crippen molar-refractivity contribution in [2.24, 2.45) is 0 Å². The molecule has 0 radical (unpaired) electrons. The second-order valence-electron chi connectivity index (χ2n) is 4.56. The van der Waals surface area contributed by atoms with Crippen LogP contribution in [0, 0.1) is 6.92 Å². The number of carbonyl (C=O) groups is 2. The summed E-state index contributed by atoms with van der Waals surface area (Å²) < 4.78 is 0. The monoisotopic (exact) mass is 289 g/mol. The van der Waals surface area contributed by atoms with Crippen LogP contribution in [0.3, 0.4) is 0 Å². The summed E-state index contributed by atoms with van der Waals surface area (Å²) in [7, 11) is 0. The fourth-order valence-electron chi connectivity index (χ4n) is 1.80. The van der Waals surface area contributed by atoms with Crippen molar-refractivity contribution in [2.45, 2.75) is 19.8 Å². The molecule has 0 aliphatic carbocycles. The number of rotatable bonds is 4. The fraction of sp³-hybridized carbons (Fsp3) is 0.200. The summed E-state index contributed by atoms with van der Waals surface area (Å²) in [5.41, 5.74) is 1.54. The maximum absolute atomic E-state index is 12.2. The summed E-state index contributed by atoms with van der Waals surface area (Å²) in [6.45, 7) is 3.66. The van der Waals surface area contributed by atoms with E-state index < -0.39 is 5.97 Å². The van der Waals surface area contributed by atoms with Gasteiger partial charge in [-0.25, -0.2) is 4.79 Å². The first-order valence-electron chi connectivity index (χ1n) is 6.17. The number of carbonyl (C=O) groups excluding carboxylic acids is 1. The van der Waals surface area contributed by atoms with Crippen molar-refractivity contribution < 1.29 is 14.7 Å². The van der Waals surface area contributed by atoms with E-state index in [0.717, 1.165) is 10.4 Å². The molecule has 1 atom stereocenters. The molecule has 0 aliphatic rings. The predicted molar refractivity (Wildman–Crippen MR) is 79.5 cm³/mol. The van der Waals surface area contributed by atoms with E-state index in [1.165, 1.54) is 23.5 Å². The van der Waals surface area contributed by atoms with Crippen LogP contribution in [-0.4, -0.2) is 17.0 Å². The smallest absolute Gasteiger partial charge is 0.335 e. The lowest BCUT2D eigenvalue weighted by Crippen LogP contribution is -2.19. The maximum atomic E-state index is 12.2. The number of carboxylic acids is 1. The summed E-state index contributed by atoms with van der Waals surface area (Å²) in [5.74, 6) is -1.41. The molecule has 1 amide bonds. The molecule has 0 bridgehead atoms. The summed E-state index contributed by atoms with van der Waals surface area (Å²) >= 11 is 1.53. The van der Waals surface area contributed by atoms with Gasteiger partial charge < -0.3 is 10.4 Å². The number of anilines is 1. The zero-order valence-electron chi connectivity index (χ0n) is 11.2. The highest BCUT2D eigenvalue weighted by Gasteiger charge is 2.17. The third-order valence-electron chi connectivity index (χ3n) is 3.11. The molecule has 0 unspecified atom stereocenters. The summed E-state index contributed by atoms with van der Waals surface area (Å²) in [6, 6.07) is 8.51. The van der Waals surface area contributed by atoms with Gasteiger partial charge in [0.2, 0.25) is 5.91 Å². The molecule has 0 aliphatic heterocycles. The van der Waals surface area contributed by atoms with Gasteiger partial charge in [-0.1, -0.05) is 12.1 Å². The minimum Gasteiger partial charge on any atom is -0.478 e. The number of nitrogens with one attached hydrogen (secondary N) is 1. The quantitative estimate of drug-likeness (QED) is 0.905. The van der Waals surface area contributed by atoms with E-state index in [1.54, 1.807) is 6.07 Å². The summed E-state index contributed by atoms with van der Waals surface area (Å²) in [6.07, 6.45) is 0. The average molecular weight is 289 g/mol. The zero-order chi connectivity index (χ0) is 14.7. The van der Waals surface area contributed by atoms with Gasteiger partial charge in [-0.15, -0.1) is 11.3 Å². The van der Waals surface area contributed by atoms with Crippen LogP contribution >= 0.6 is 11.3 Å². The van der Waals surface area contributed by atoms with Gasteiger partial charge in [-0.2, -0.15) is 0 Å². The summed E-state index contributed by atoms with van der Waals surface area (Å²) in [4.78, 5) is 24.1. The van der Waals surface area contributed by atoms with E-state index in [9.17, 15) is 9.59 Å². The van der Waals surface area contributed by atoms with E-state index in [2.05, 4.69) is 5.32 Å². The standard InChI is InChI=1S/C15H15NO3S/c1-9-5-6-11(15(18)19)8-12(9)16-14(17)10(2)13-4-3-7-20-13/h3-8,10H,1-2H3,(H,16,17)(H,18,19)/t10-/m0/s1. The van der Waals surface area contributed by atoms with Crippen LogP contribution in [0.5, 0.6) is 0 Å². The Morgan fingerprint density at radius 1 is 1.30 bits per heavy atom. The van der Waals surface area contributed by atoms with Gasteiger partial charge in [-0.3, -0.25) is 4.79 Å². The van der Waals surface area contributed by atoms with Crippen LogP contribution in [-0.2, 0) is 4.79 Å². The summed E-state index contributed by atoms with van der Waals surface area (Å²) in [5, 5.41) is 13.7. The van der Waals surface area contributed by atoms with E-state index in [4.69, 9.17) is 5.11 Å². The third-order valence-corrected chi connectivity index (χ3v) is 4.16. The Balaban J connectivity index is 2.19. The lowest BCUT2D eigenvalue weighted by molar-refractivity contribution is -0.117. The van der Waals surface area contributed by atoms with Crippen molar-refractivity contribution in [3.63, 3.8) is 0 Å². The molecule has 5 heteroatoms.